The SMILES string of the molecule is O=C(CN1C(=O)C2(CCCCC2)N=C1c1ccccc1Cl)Nc1cc2c(cn1)CC1(C2)C(=O)Nc2ncccc21. The van der Waals surface area contributed by atoms with Crippen LogP contribution in [0.3, 0.4) is 0 Å². The quantitative estimate of drug-likeness (QED) is 0.505. The third-order valence-electron chi connectivity index (χ3n) is 8.64. The summed E-state index contributed by atoms with van der Waals surface area (Å²) in [5.74, 6) is 0.814. The average Bonchev–Trinajstić information content (AvgIpc) is 3.56. The van der Waals surface area contributed by atoms with E-state index in [-0.39, 0.29) is 24.3 Å². The third-order valence-corrected chi connectivity index (χ3v) is 8.97. The third kappa shape index (κ3) is 3.83. The van der Waals surface area contributed by atoms with Gasteiger partial charge in [-0.25, -0.2) is 9.97 Å². The maximum atomic E-state index is 13.7. The van der Waals surface area contributed by atoms with Crippen LogP contribution in [0, 0.1) is 0 Å². The molecule has 40 heavy (non-hydrogen) atoms. The first-order valence-electron chi connectivity index (χ1n) is 13.6. The molecule has 1 aromatic carbocycles. The molecule has 4 aliphatic rings. The van der Waals surface area contributed by atoms with Gasteiger partial charge in [0.05, 0.1) is 10.4 Å². The standard InChI is InChI=1S/C30H27ClN6O3/c31-22-9-3-2-7-20(22)26-36-30(10-4-1-5-11-30)28(40)37(26)17-24(38)34-23-13-18-14-29(15-19(18)16-33-23)21-8-6-12-32-25(21)35-27(29)39/h2-3,6-9,12-13,16H,1,4-5,10-11,14-15,17H2,(H,32,35,39)(H,33,34,38). The summed E-state index contributed by atoms with van der Waals surface area (Å²) in [5.41, 5.74) is 1.89. The van der Waals surface area contributed by atoms with Crippen LogP contribution in [0.25, 0.3) is 0 Å². The number of pyridine rings is 2. The van der Waals surface area contributed by atoms with Gasteiger partial charge in [0.15, 0.2) is 0 Å². The van der Waals surface area contributed by atoms with Crippen molar-refractivity contribution in [1.82, 2.24) is 14.9 Å². The summed E-state index contributed by atoms with van der Waals surface area (Å²) < 4.78 is 0. The summed E-state index contributed by atoms with van der Waals surface area (Å²) in [6, 6.07) is 12.8. The van der Waals surface area contributed by atoms with Crippen LogP contribution >= 0.6 is 11.6 Å². The topological polar surface area (TPSA) is 117 Å². The van der Waals surface area contributed by atoms with Gasteiger partial charge in [-0.15, -0.1) is 0 Å². The first-order valence-corrected chi connectivity index (χ1v) is 14.0. The Morgan fingerprint density at radius 1 is 1.02 bits per heavy atom. The number of fused-ring (bicyclic) bond motifs is 3. The number of benzene rings is 1. The molecule has 10 heteroatoms. The van der Waals surface area contributed by atoms with Crippen molar-refractivity contribution in [1.29, 1.82) is 0 Å². The molecular formula is C30H27ClN6O3. The number of aromatic nitrogens is 2. The van der Waals surface area contributed by atoms with Crippen molar-refractivity contribution in [3.05, 3.63) is 82.1 Å². The Hall–Kier alpha value is -4.11. The van der Waals surface area contributed by atoms with Crippen molar-refractivity contribution < 1.29 is 14.4 Å². The number of hydrogen-bond donors (Lipinski definition) is 2. The van der Waals surface area contributed by atoms with Crippen molar-refractivity contribution in [2.24, 2.45) is 4.99 Å². The van der Waals surface area contributed by atoms with Crippen LogP contribution in [-0.4, -0.2) is 50.5 Å². The van der Waals surface area contributed by atoms with Crippen LogP contribution in [0.2, 0.25) is 5.02 Å². The number of carbonyl (C=O) groups is 3. The van der Waals surface area contributed by atoms with E-state index in [4.69, 9.17) is 16.6 Å². The lowest BCUT2D eigenvalue weighted by Crippen LogP contribution is -2.46. The minimum absolute atomic E-state index is 0.0708. The molecule has 4 heterocycles. The average molecular weight is 555 g/mol. The summed E-state index contributed by atoms with van der Waals surface area (Å²) in [5, 5.41) is 6.25. The maximum Gasteiger partial charge on any atom is 0.256 e. The molecule has 3 aromatic rings. The normalized spacial score (nSPS) is 22.3. The molecule has 9 nitrogen and oxygen atoms in total. The number of nitrogens with zero attached hydrogens (tertiary/aromatic N) is 4. The number of anilines is 2. The number of nitrogens with one attached hydrogen (secondary N) is 2. The molecule has 2 spiro atoms. The molecular weight excluding hydrogens is 528 g/mol. The number of halogens is 1. The summed E-state index contributed by atoms with van der Waals surface area (Å²) in [6.45, 7) is -0.200. The lowest BCUT2D eigenvalue weighted by Gasteiger charge is -2.29. The van der Waals surface area contributed by atoms with Crippen molar-refractivity contribution in [3.63, 3.8) is 0 Å². The minimum Gasteiger partial charge on any atom is -0.310 e. The Balaban J connectivity index is 1.12. The van der Waals surface area contributed by atoms with Crippen LogP contribution in [0.4, 0.5) is 11.6 Å². The van der Waals surface area contributed by atoms with E-state index >= 15 is 0 Å². The zero-order valence-corrected chi connectivity index (χ0v) is 22.5. The summed E-state index contributed by atoms with van der Waals surface area (Å²) >= 11 is 6.50. The van der Waals surface area contributed by atoms with E-state index in [2.05, 4.69) is 20.6 Å². The van der Waals surface area contributed by atoms with Crippen molar-refractivity contribution in [2.75, 3.05) is 17.2 Å². The molecule has 202 valence electrons. The Kier molecular flexibility index (Phi) is 5.75. The molecule has 0 radical (unpaired) electrons. The van der Waals surface area contributed by atoms with Gasteiger partial charge in [0, 0.05) is 23.5 Å². The van der Waals surface area contributed by atoms with Gasteiger partial charge >= 0.3 is 0 Å². The highest BCUT2D eigenvalue weighted by atomic mass is 35.5. The summed E-state index contributed by atoms with van der Waals surface area (Å²) in [6.07, 6.45) is 8.64. The zero-order valence-electron chi connectivity index (χ0n) is 21.7. The van der Waals surface area contributed by atoms with E-state index in [1.165, 1.54) is 4.90 Å². The second-order valence-corrected chi connectivity index (χ2v) is 11.5. The number of carbonyl (C=O) groups excluding carboxylic acids is 3. The smallest absolute Gasteiger partial charge is 0.256 e. The Morgan fingerprint density at radius 3 is 2.65 bits per heavy atom. The van der Waals surface area contributed by atoms with Crippen molar-refractivity contribution in [2.45, 2.75) is 55.9 Å². The van der Waals surface area contributed by atoms with Gasteiger partial charge in [-0.2, -0.15) is 0 Å². The van der Waals surface area contributed by atoms with Gasteiger partial charge in [0.2, 0.25) is 11.8 Å². The van der Waals surface area contributed by atoms with Gasteiger partial charge in [-0.05, 0) is 61.1 Å². The second-order valence-electron chi connectivity index (χ2n) is 11.1. The fraction of sp³-hybridized carbons (Fsp3) is 0.333. The first-order chi connectivity index (χ1) is 19.4. The Labute approximate surface area is 236 Å². The van der Waals surface area contributed by atoms with E-state index in [0.717, 1.165) is 36.0 Å². The molecule has 0 bridgehead atoms. The highest BCUT2D eigenvalue weighted by molar-refractivity contribution is 6.35. The molecule has 1 fully saturated rings. The molecule has 1 atom stereocenters. The zero-order chi connectivity index (χ0) is 27.5. The molecule has 3 amide bonds. The second kappa shape index (κ2) is 9.23. The molecule has 7 rings (SSSR count). The maximum absolute atomic E-state index is 13.7. The summed E-state index contributed by atoms with van der Waals surface area (Å²) in [7, 11) is 0. The number of aliphatic imine (C=N–C) groups is 1. The van der Waals surface area contributed by atoms with Crippen LogP contribution in [-0.2, 0) is 32.6 Å². The van der Waals surface area contributed by atoms with Crippen LogP contribution in [0.1, 0.15) is 54.4 Å². The summed E-state index contributed by atoms with van der Waals surface area (Å²) in [4.78, 5) is 55.2. The van der Waals surface area contributed by atoms with Crippen LogP contribution in [0.15, 0.2) is 59.9 Å². The van der Waals surface area contributed by atoms with E-state index in [9.17, 15) is 14.4 Å². The fourth-order valence-electron chi connectivity index (χ4n) is 6.66. The fourth-order valence-corrected chi connectivity index (χ4v) is 6.88. The largest absolute Gasteiger partial charge is 0.310 e. The molecule has 2 aliphatic heterocycles. The molecule has 2 aliphatic carbocycles. The molecule has 1 unspecified atom stereocenters. The highest BCUT2D eigenvalue weighted by Crippen LogP contribution is 2.46. The van der Waals surface area contributed by atoms with Crippen molar-refractivity contribution >= 4 is 46.8 Å². The number of amides is 3. The van der Waals surface area contributed by atoms with Gasteiger partial charge in [0.25, 0.3) is 5.91 Å². The predicted octanol–water partition coefficient (Wildman–Crippen LogP) is 4.05. The van der Waals surface area contributed by atoms with Gasteiger partial charge in [0.1, 0.15) is 29.6 Å². The van der Waals surface area contributed by atoms with E-state index in [1.807, 2.05) is 36.4 Å². The monoisotopic (exact) mass is 554 g/mol. The highest BCUT2D eigenvalue weighted by Gasteiger charge is 2.52. The van der Waals surface area contributed by atoms with Gasteiger partial charge < -0.3 is 10.6 Å². The predicted molar refractivity (Wildman–Crippen MR) is 150 cm³/mol. The lowest BCUT2D eigenvalue weighted by molar-refractivity contribution is -0.134. The number of amidine groups is 1. The Morgan fingerprint density at radius 2 is 1.82 bits per heavy atom. The van der Waals surface area contributed by atoms with Crippen molar-refractivity contribution in [3.8, 4) is 0 Å². The molecule has 2 N–H and O–H groups in total. The minimum atomic E-state index is -0.833. The lowest BCUT2D eigenvalue weighted by atomic mass is 9.79. The van der Waals surface area contributed by atoms with E-state index in [0.29, 0.717) is 53.7 Å². The van der Waals surface area contributed by atoms with E-state index < -0.39 is 11.0 Å². The number of rotatable bonds is 4. The van der Waals surface area contributed by atoms with E-state index in [1.54, 1.807) is 18.5 Å². The molecule has 0 saturated heterocycles. The van der Waals surface area contributed by atoms with Gasteiger partial charge in [-0.1, -0.05) is 49.1 Å². The Bertz CT molecular complexity index is 1610. The van der Waals surface area contributed by atoms with Crippen LogP contribution < -0.4 is 10.6 Å². The van der Waals surface area contributed by atoms with Crippen LogP contribution in [0.5, 0.6) is 0 Å². The first kappa shape index (κ1) is 24.9. The molecule has 1 saturated carbocycles. The van der Waals surface area contributed by atoms with Gasteiger partial charge in [-0.3, -0.25) is 24.3 Å². The number of hydrogen-bond acceptors (Lipinski definition) is 6. The molecule has 2 aromatic heterocycles.